The van der Waals surface area contributed by atoms with Crippen LogP contribution >= 0.6 is 0 Å². The van der Waals surface area contributed by atoms with Gasteiger partial charge in [-0.25, -0.2) is 9.78 Å². The molecule has 1 heterocycles. The van der Waals surface area contributed by atoms with Crippen molar-refractivity contribution in [2.24, 2.45) is 0 Å². The molecule has 0 spiro atoms. The summed E-state index contributed by atoms with van der Waals surface area (Å²) < 4.78 is 0. The zero-order valence-corrected chi connectivity index (χ0v) is 11.3. The minimum atomic E-state index is -1.00. The predicted octanol–water partition coefficient (Wildman–Crippen LogP) is 2.52. The zero-order valence-electron chi connectivity index (χ0n) is 11.3. The molecular formula is C14H21N3O2. The van der Waals surface area contributed by atoms with Crippen molar-refractivity contribution in [3.8, 4) is 0 Å². The van der Waals surface area contributed by atoms with E-state index >= 15 is 0 Å². The summed E-state index contributed by atoms with van der Waals surface area (Å²) >= 11 is 0. The normalized spacial score (nSPS) is 16.9. The lowest BCUT2D eigenvalue weighted by atomic mass is 10.1. The Morgan fingerprint density at radius 3 is 2.58 bits per heavy atom. The standard InChI is InChI=1S/C14H21N3O2/c1-17(10-6-4-2-3-5-7-10)13-12(15)11(14(18)19)8-9-16-13/h8-10H,2-7,15H2,1H3,(H,18,19). The summed E-state index contributed by atoms with van der Waals surface area (Å²) in [5, 5.41) is 9.10. The van der Waals surface area contributed by atoms with Crippen LogP contribution in [0.5, 0.6) is 0 Å². The van der Waals surface area contributed by atoms with Gasteiger partial charge in [0.2, 0.25) is 0 Å². The van der Waals surface area contributed by atoms with Crippen LogP contribution in [0.15, 0.2) is 12.3 Å². The highest BCUT2D eigenvalue weighted by Gasteiger charge is 2.22. The number of carboxylic acid groups (broad SMARTS) is 1. The summed E-state index contributed by atoms with van der Waals surface area (Å²) in [6, 6.07) is 1.85. The molecular weight excluding hydrogens is 242 g/mol. The largest absolute Gasteiger partial charge is 0.478 e. The molecule has 0 atom stereocenters. The second-order valence-electron chi connectivity index (χ2n) is 5.16. The fraction of sp³-hybridized carbons (Fsp3) is 0.571. The molecule has 19 heavy (non-hydrogen) atoms. The number of rotatable bonds is 3. The Bertz CT molecular complexity index is 454. The van der Waals surface area contributed by atoms with Gasteiger partial charge in [0.25, 0.3) is 0 Å². The van der Waals surface area contributed by atoms with E-state index < -0.39 is 5.97 Å². The van der Waals surface area contributed by atoms with Crippen LogP contribution in [-0.2, 0) is 0 Å². The molecule has 0 radical (unpaired) electrons. The summed E-state index contributed by atoms with van der Waals surface area (Å²) in [7, 11) is 1.96. The van der Waals surface area contributed by atoms with Gasteiger partial charge in [0.1, 0.15) is 0 Å². The van der Waals surface area contributed by atoms with Gasteiger partial charge >= 0.3 is 5.97 Å². The molecule has 104 valence electrons. The Hall–Kier alpha value is -1.78. The molecule has 5 nitrogen and oxygen atoms in total. The minimum absolute atomic E-state index is 0.130. The van der Waals surface area contributed by atoms with Crippen molar-refractivity contribution in [1.82, 2.24) is 4.98 Å². The van der Waals surface area contributed by atoms with Crippen molar-refractivity contribution >= 4 is 17.5 Å². The first-order valence-electron chi connectivity index (χ1n) is 6.82. The lowest BCUT2D eigenvalue weighted by molar-refractivity contribution is 0.0698. The highest BCUT2D eigenvalue weighted by atomic mass is 16.4. The quantitative estimate of drug-likeness (QED) is 0.819. The predicted molar refractivity (Wildman–Crippen MR) is 75.5 cm³/mol. The first-order chi connectivity index (χ1) is 9.11. The number of pyridine rings is 1. The summed E-state index contributed by atoms with van der Waals surface area (Å²) in [5.41, 5.74) is 6.34. The Labute approximate surface area is 113 Å². The summed E-state index contributed by atoms with van der Waals surface area (Å²) in [4.78, 5) is 17.4. The third-order valence-electron chi connectivity index (χ3n) is 3.91. The maximum Gasteiger partial charge on any atom is 0.337 e. The zero-order chi connectivity index (χ0) is 13.8. The van der Waals surface area contributed by atoms with E-state index in [0.717, 1.165) is 12.8 Å². The van der Waals surface area contributed by atoms with Gasteiger partial charge in [-0.15, -0.1) is 0 Å². The van der Waals surface area contributed by atoms with Crippen molar-refractivity contribution < 1.29 is 9.90 Å². The van der Waals surface area contributed by atoms with Gasteiger partial charge in [0, 0.05) is 19.3 Å². The summed E-state index contributed by atoms with van der Waals surface area (Å²) in [6.45, 7) is 0. The minimum Gasteiger partial charge on any atom is -0.478 e. The van der Waals surface area contributed by atoms with E-state index in [1.54, 1.807) is 0 Å². The van der Waals surface area contributed by atoms with Crippen molar-refractivity contribution in [3.05, 3.63) is 17.8 Å². The Morgan fingerprint density at radius 1 is 1.37 bits per heavy atom. The number of anilines is 2. The van der Waals surface area contributed by atoms with Crippen LogP contribution in [0.3, 0.4) is 0 Å². The highest BCUT2D eigenvalue weighted by molar-refractivity contribution is 5.96. The van der Waals surface area contributed by atoms with Crippen molar-refractivity contribution in [2.75, 3.05) is 17.7 Å². The summed E-state index contributed by atoms with van der Waals surface area (Å²) in [6.07, 6.45) is 8.75. The molecule has 1 aromatic heterocycles. The van der Waals surface area contributed by atoms with Crippen LogP contribution in [0.4, 0.5) is 11.5 Å². The number of hydrogen-bond acceptors (Lipinski definition) is 4. The number of aromatic carboxylic acids is 1. The Morgan fingerprint density at radius 2 is 2.00 bits per heavy atom. The number of carboxylic acids is 1. The second kappa shape index (κ2) is 5.91. The number of aromatic nitrogens is 1. The van der Waals surface area contributed by atoms with Gasteiger partial charge in [-0.2, -0.15) is 0 Å². The third kappa shape index (κ3) is 2.97. The molecule has 0 unspecified atom stereocenters. The molecule has 1 aliphatic carbocycles. The van der Waals surface area contributed by atoms with Crippen LogP contribution in [0.25, 0.3) is 0 Å². The molecule has 0 amide bonds. The van der Waals surface area contributed by atoms with E-state index in [1.165, 1.54) is 37.9 Å². The van der Waals surface area contributed by atoms with Crippen LogP contribution in [0.2, 0.25) is 0 Å². The molecule has 1 saturated carbocycles. The lowest BCUT2D eigenvalue weighted by Gasteiger charge is -2.29. The molecule has 1 aliphatic rings. The Balaban J connectivity index is 2.25. The molecule has 3 N–H and O–H groups in total. The smallest absolute Gasteiger partial charge is 0.337 e. The van der Waals surface area contributed by atoms with Crippen LogP contribution in [0, 0.1) is 0 Å². The van der Waals surface area contributed by atoms with E-state index in [9.17, 15) is 4.79 Å². The average Bonchev–Trinajstić information content (AvgIpc) is 2.66. The van der Waals surface area contributed by atoms with Gasteiger partial charge in [-0.1, -0.05) is 25.7 Å². The summed E-state index contributed by atoms with van der Waals surface area (Å²) in [5.74, 6) is -0.415. The SMILES string of the molecule is CN(c1nccc(C(=O)O)c1N)C1CCCCCC1. The van der Waals surface area contributed by atoms with Crippen LogP contribution in [-0.4, -0.2) is 29.1 Å². The number of nitrogens with zero attached hydrogens (tertiary/aromatic N) is 2. The number of carbonyl (C=O) groups is 1. The van der Waals surface area contributed by atoms with Gasteiger partial charge in [0.05, 0.1) is 11.3 Å². The highest BCUT2D eigenvalue weighted by Crippen LogP contribution is 2.29. The van der Waals surface area contributed by atoms with E-state index in [4.69, 9.17) is 10.8 Å². The second-order valence-corrected chi connectivity index (χ2v) is 5.16. The lowest BCUT2D eigenvalue weighted by Crippen LogP contribution is -2.32. The van der Waals surface area contributed by atoms with E-state index in [1.807, 2.05) is 11.9 Å². The van der Waals surface area contributed by atoms with Crippen LogP contribution < -0.4 is 10.6 Å². The van der Waals surface area contributed by atoms with Gasteiger partial charge in [0.15, 0.2) is 5.82 Å². The van der Waals surface area contributed by atoms with E-state index in [2.05, 4.69) is 4.98 Å². The maximum absolute atomic E-state index is 11.1. The molecule has 0 bridgehead atoms. The number of nitrogens with two attached hydrogens (primary N) is 1. The number of nitrogen functional groups attached to an aromatic ring is 1. The fourth-order valence-corrected chi connectivity index (χ4v) is 2.75. The molecule has 5 heteroatoms. The number of hydrogen-bond donors (Lipinski definition) is 2. The van der Waals surface area contributed by atoms with Crippen molar-refractivity contribution in [1.29, 1.82) is 0 Å². The first-order valence-corrected chi connectivity index (χ1v) is 6.82. The topological polar surface area (TPSA) is 79.5 Å². The van der Waals surface area contributed by atoms with Crippen molar-refractivity contribution in [3.63, 3.8) is 0 Å². The fourth-order valence-electron chi connectivity index (χ4n) is 2.75. The molecule has 2 rings (SSSR count). The van der Waals surface area contributed by atoms with E-state index in [-0.39, 0.29) is 11.3 Å². The van der Waals surface area contributed by atoms with Gasteiger partial charge < -0.3 is 15.7 Å². The third-order valence-corrected chi connectivity index (χ3v) is 3.91. The Kier molecular flexibility index (Phi) is 4.24. The van der Waals surface area contributed by atoms with Gasteiger partial charge in [-0.05, 0) is 18.9 Å². The molecule has 1 fully saturated rings. The van der Waals surface area contributed by atoms with Gasteiger partial charge in [-0.3, -0.25) is 0 Å². The molecule has 0 saturated heterocycles. The first kappa shape index (κ1) is 13.6. The molecule has 0 aromatic carbocycles. The van der Waals surface area contributed by atoms with Crippen LogP contribution in [0.1, 0.15) is 48.9 Å². The monoisotopic (exact) mass is 263 g/mol. The molecule has 0 aliphatic heterocycles. The average molecular weight is 263 g/mol. The van der Waals surface area contributed by atoms with Crippen molar-refractivity contribution in [2.45, 2.75) is 44.6 Å². The van der Waals surface area contributed by atoms with E-state index in [0.29, 0.717) is 11.9 Å². The maximum atomic E-state index is 11.1. The molecule has 1 aromatic rings.